The summed E-state index contributed by atoms with van der Waals surface area (Å²) >= 11 is 7.85. The van der Waals surface area contributed by atoms with Crippen LogP contribution in [-0.2, 0) is 5.75 Å². The van der Waals surface area contributed by atoms with Gasteiger partial charge in [0.05, 0.1) is 11.7 Å². The molecule has 21 heavy (non-hydrogen) atoms. The maximum Gasteiger partial charge on any atom is 0.231 e. The smallest absolute Gasteiger partial charge is 0.231 e. The van der Waals surface area contributed by atoms with Crippen molar-refractivity contribution >= 4 is 34.4 Å². The van der Waals surface area contributed by atoms with E-state index < -0.39 is 0 Å². The number of benzene rings is 1. The Morgan fingerprint density at radius 1 is 1.29 bits per heavy atom. The van der Waals surface area contributed by atoms with Crippen LogP contribution in [0.5, 0.6) is 11.5 Å². The summed E-state index contributed by atoms with van der Waals surface area (Å²) in [6.45, 7) is 0.249. The number of nitrogens with zero attached hydrogens (tertiary/aromatic N) is 2. The Balaban J connectivity index is 1.56. The highest BCUT2D eigenvalue weighted by atomic mass is 35.5. The van der Waals surface area contributed by atoms with Gasteiger partial charge in [0.25, 0.3) is 0 Å². The fraction of sp³-hybridized carbons (Fsp3) is 0.143. The minimum Gasteiger partial charge on any atom is -0.454 e. The molecule has 0 aliphatic carbocycles. The second kappa shape index (κ2) is 5.13. The van der Waals surface area contributed by atoms with Crippen molar-refractivity contribution in [3.8, 4) is 11.5 Å². The first kappa shape index (κ1) is 12.8. The minimum atomic E-state index is 0.249. The average molecular weight is 320 g/mol. The second-order valence-electron chi connectivity index (χ2n) is 4.52. The van der Waals surface area contributed by atoms with Crippen molar-refractivity contribution in [3.63, 3.8) is 0 Å². The SMILES string of the molecule is Clc1cc2c(cc1CSc1nc3cnccc3[nH]1)OCO2. The van der Waals surface area contributed by atoms with Gasteiger partial charge in [-0.05, 0) is 17.7 Å². The number of halogens is 1. The zero-order chi connectivity index (χ0) is 14.2. The molecule has 0 radical (unpaired) electrons. The zero-order valence-corrected chi connectivity index (χ0v) is 12.4. The van der Waals surface area contributed by atoms with Crippen LogP contribution in [0.15, 0.2) is 35.7 Å². The lowest BCUT2D eigenvalue weighted by Crippen LogP contribution is -1.92. The van der Waals surface area contributed by atoms with Crippen molar-refractivity contribution in [2.45, 2.75) is 10.9 Å². The summed E-state index contributed by atoms with van der Waals surface area (Å²) in [6, 6.07) is 5.62. The van der Waals surface area contributed by atoms with Crippen LogP contribution < -0.4 is 9.47 Å². The van der Waals surface area contributed by atoms with Gasteiger partial charge in [-0.15, -0.1) is 0 Å². The number of ether oxygens (including phenoxy) is 2. The van der Waals surface area contributed by atoms with E-state index in [0.29, 0.717) is 16.5 Å². The molecule has 0 unspecified atom stereocenters. The Morgan fingerprint density at radius 2 is 2.14 bits per heavy atom. The van der Waals surface area contributed by atoms with Crippen LogP contribution in [0.25, 0.3) is 11.0 Å². The summed E-state index contributed by atoms with van der Waals surface area (Å²) in [6.07, 6.45) is 3.48. The maximum absolute atomic E-state index is 6.26. The molecular formula is C14H10ClN3O2S. The van der Waals surface area contributed by atoms with Crippen molar-refractivity contribution in [1.82, 2.24) is 15.0 Å². The maximum atomic E-state index is 6.26. The van der Waals surface area contributed by atoms with E-state index in [1.165, 1.54) is 0 Å². The van der Waals surface area contributed by atoms with Gasteiger partial charge < -0.3 is 14.5 Å². The van der Waals surface area contributed by atoms with E-state index in [-0.39, 0.29) is 6.79 Å². The normalized spacial score (nSPS) is 13.0. The highest BCUT2D eigenvalue weighted by Gasteiger charge is 2.16. The number of thioether (sulfide) groups is 1. The molecule has 0 amide bonds. The van der Waals surface area contributed by atoms with Gasteiger partial charge in [0.1, 0.15) is 5.52 Å². The molecule has 1 aromatic carbocycles. The summed E-state index contributed by atoms with van der Waals surface area (Å²) in [5.41, 5.74) is 2.82. The van der Waals surface area contributed by atoms with Crippen LogP contribution in [0.4, 0.5) is 0 Å². The zero-order valence-electron chi connectivity index (χ0n) is 10.8. The number of fused-ring (bicyclic) bond motifs is 2. The van der Waals surface area contributed by atoms with Gasteiger partial charge in [-0.25, -0.2) is 4.98 Å². The summed E-state index contributed by atoms with van der Waals surface area (Å²) in [5.74, 6) is 2.13. The largest absolute Gasteiger partial charge is 0.454 e. The highest BCUT2D eigenvalue weighted by Crippen LogP contribution is 2.38. The molecule has 3 aromatic rings. The summed E-state index contributed by atoms with van der Waals surface area (Å²) in [7, 11) is 0. The molecule has 0 atom stereocenters. The van der Waals surface area contributed by atoms with Crippen LogP contribution in [-0.4, -0.2) is 21.7 Å². The standard InChI is InChI=1S/C14H10ClN3O2S/c15-9-4-13-12(19-7-20-13)3-8(9)6-21-14-17-10-1-2-16-5-11(10)18-14/h1-5H,6-7H2,(H,17,18). The Labute approximate surface area is 129 Å². The molecule has 0 bridgehead atoms. The summed E-state index contributed by atoms with van der Waals surface area (Å²) in [4.78, 5) is 11.8. The van der Waals surface area contributed by atoms with E-state index in [0.717, 1.165) is 27.5 Å². The monoisotopic (exact) mass is 319 g/mol. The molecule has 0 saturated heterocycles. The molecular weight excluding hydrogens is 310 g/mol. The number of aromatic nitrogens is 3. The van der Waals surface area contributed by atoms with Gasteiger partial charge in [-0.1, -0.05) is 23.4 Å². The first-order valence-corrected chi connectivity index (χ1v) is 7.66. The quantitative estimate of drug-likeness (QED) is 0.747. The molecule has 4 rings (SSSR count). The molecule has 0 fully saturated rings. The minimum absolute atomic E-state index is 0.249. The second-order valence-corrected chi connectivity index (χ2v) is 5.89. The van der Waals surface area contributed by atoms with E-state index in [2.05, 4.69) is 15.0 Å². The van der Waals surface area contributed by atoms with Crippen LogP contribution in [0.2, 0.25) is 5.02 Å². The van der Waals surface area contributed by atoms with Crippen molar-refractivity contribution < 1.29 is 9.47 Å². The van der Waals surface area contributed by atoms with Crippen molar-refractivity contribution in [2.75, 3.05) is 6.79 Å². The molecule has 5 nitrogen and oxygen atoms in total. The fourth-order valence-corrected chi connectivity index (χ4v) is 3.29. The summed E-state index contributed by atoms with van der Waals surface area (Å²) in [5, 5.41) is 1.51. The van der Waals surface area contributed by atoms with E-state index in [4.69, 9.17) is 21.1 Å². The van der Waals surface area contributed by atoms with E-state index in [1.54, 1.807) is 30.2 Å². The number of hydrogen-bond donors (Lipinski definition) is 1. The van der Waals surface area contributed by atoms with Gasteiger partial charge in [-0.3, -0.25) is 4.98 Å². The van der Waals surface area contributed by atoms with Crippen molar-refractivity contribution in [1.29, 1.82) is 0 Å². The molecule has 0 spiro atoms. The number of rotatable bonds is 3. The van der Waals surface area contributed by atoms with Crippen LogP contribution in [0.1, 0.15) is 5.56 Å². The molecule has 3 heterocycles. The molecule has 7 heteroatoms. The van der Waals surface area contributed by atoms with Gasteiger partial charge >= 0.3 is 0 Å². The number of hydrogen-bond acceptors (Lipinski definition) is 5. The predicted octanol–water partition coefficient (Wildman–Crippen LogP) is 3.63. The number of nitrogens with one attached hydrogen (secondary N) is 1. The first-order valence-electron chi connectivity index (χ1n) is 6.30. The number of H-pyrrole nitrogens is 1. The third-order valence-electron chi connectivity index (χ3n) is 3.17. The Morgan fingerprint density at radius 3 is 3.00 bits per heavy atom. The third kappa shape index (κ3) is 2.41. The van der Waals surface area contributed by atoms with Gasteiger partial charge in [0.15, 0.2) is 16.7 Å². The van der Waals surface area contributed by atoms with Crippen LogP contribution in [0, 0.1) is 0 Å². The van der Waals surface area contributed by atoms with Gasteiger partial charge in [-0.2, -0.15) is 0 Å². The van der Waals surface area contributed by atoms with Gasteiger partial charge in [0.2, 0.25) is 6.79 Å². The lowest BCUT2D eigenvalue weighted by molar-refractivity contribution is 0.174. The van der Waals surface area contributed by atoms with Gasteiger partial charge in [0, 0.05) is 23.0 Å². The number of pyridine rings is 1. The molecule has 1 aliphatic heterocycles. The Bertz CT molecular complexity index is 788. The topological polar surface area (TPSA) is 60.0 Å². The summed E-state index contributed by atoms with van der Waals surface area (Å²) < 4.78 is 10.7. The third-order valence-corrected chi connectivity index (χ3v) is 4.44. The first-order chi connectivity index (χ1) is 10.3. The lowest BCUT2D eigenvalue weighted by Gasteiger charge is -2.04. The van der Waals surface area contributed by atoms with E-state index >= 15 is 0 Å². The Kier molecular flexibility index (Phi) is 3.12. The van der Waals surface area contributed by atoms with E-state index in [9.17, 15) is 0 Å². The van der Waals surface area contributed by atoms with Crippen LogP contribution >= 0.6 is 23.4 Å². The molecule has 2 aromatic heterocycles. The fourth-order valence-electron chi connectivity index (χ4n) is 2.12. The molecule has 106 valence electrons. The molecule has 1 aliphatic rings. The van der Waals surface area contributed by atoms with E-state index in [1.807, 2.05) is 12.1 Å². The molecule has 1 N–H and O–H groups in total. The Hall–Kier alpha value is -1.92. The lowest BCUT2D eigenvalue weighted by atomic mass is 10.2. The number of aromatic amines is 1. The van der Waals surface area contributed by atoms with Crippen molar-refractivity contribution in [2.24, 2.45) is 0 Å². The average Bonchev–Trinajstić information content (AvgIpc) is 3.09. The van der Waals surface area contributed by atoms with Crippen LogP contribution in [0.3, 0.4) is 0 Å². The number of imidazole rings is 1. The predicted molar refractivity (Wildman–Crippen MR) is 81.0 cm³/mol. The molecule has 0 saturated carbocycles. The highest BCUT2D eigenvalue weighted by molar-refractivity contribution is 7.98. The van der Waals surface area contributed by atoms with Crippen molar-refractivity contribution in [3.05, 3.63) is 41.2 Å².